The van der Waals surface area contributed by atoms with Crippen LogP contribution in [0.1, 0.15) is 12.0 Å². The lowest BCUT2D eigenvalue weighted by molar-refractivity contribution is -0.148. The normalized spacial score (nSPS) is 19.7. The second-order valence-electron chi connectivity index (χ2n) is 5.04. The van der Waals surface area contributed by atoms with E-state index in [1.165, 1.54) is 12.0 Å². The SMILES string of the molecule is COC(=O)CN(Cc1ccccc1)C(=O)C1CC1C(=O)O. The second-order valence-corrected chi connectivity index (χ2v) is 5.04. The van der Waals surface area contributed by atoms with E-state index < -0.39 is 23.8 Å². The quantitative estimate of drug-likeness (QED) is 0.788. The number of nitrogens with zero attached hydrogens (tertiary/aromatic N) is 1. The zero-order chi connectivity index (χ0) is 15.4. The zero-order valence-electron chi connectivity index (χ0n) is 11.7. The van der Waals surface area contributed by atoms with Crippen molar-refractivity contribution in [2.24, 2.45) is 11.8 Å². The summed E-state index contributed by atoms with van der Waals surface area (Å²) in [5.74, 6) is -2.96. The van der Waals surface area contributed by atoms with Crippen molar-refractivity contribution >= 4 is 17.8 Å². The highest BCUT2D eigenvalue weighted by Crippen LogP contribution is 2.40. The molecule has 1 amide bonds. The van der Waals surface area contributed by atoms with E-state index in [9.17, 15) is 14.4 Å². The monoisotopic (exact) mass is 291 g/mol. The molecule has 1 aliphatic carbocycles. The van der Waals surface area contributed by atoms with Gasteiger partial charge < -0.3 is 14.7 Å². The Morgan fingerprint density at radius 3 is 2.43 bits per heavy atom. The Labute approximate surface area is 122 Å². The third-order valence-corrected chi connectivity index (χ3v) is 3.50. The molecule has 1 N–H and O–H groups in total. The number of carboxylic acid groups (broad SMARTS) is 1. The van der Waals surface area contributed by atoms with Gasteiger partial charge in [0.15, 0.2) is 0 Å². The Balaban J connectivity index is 2.07. The van der Waals surface area contributed by atoms with Crippen molar-refractivity contribution in [3.8, 4) is 0 Å². The van der Waals surface area contributed by atoms with Crippen LogP contribution >= 0.6 is 0 Å². The summed E-state index contributed by atoms with van der Waals surface area (Å²) in [5, 5.41) is 8.91. The summed E-state index contributed by atoms with van der Waals surface area (Å²) in [5.41, 5.74) is 0.877. The Morgan fingerprint density at radius 2 is 1.90 bits per heavy atom. The average molecular weight is 291 g/mol. The molecule has 1 aromatic carbocycles. The lowest BCUT2D eigenvalue weighted by Crippen LogP contribution is -2.37. The number of amides is 1. The first-order valence-electron chi connectivity index (χ1n) is 6.65. The molecule has 21 heavy (non-hydrogen) atoms. The van der Waals surface area contributed by atoms with Gasteiger partial charge in [0, 0.05) is 6.54 Å². The van der Waals surface area contributed by atoms with E-state index in [0.29, 0.717) is 6.42 Å². The highest BCUT2D eigenvalue weighted by Gasteiger charge is 2.50. The highest BCUT2D eigenvalue weighted by atomic mass is 16.5. The van der Waals surface area contributed by atoms with Crippen molar-refractivity contribution in [2.45, 2.75) is 13.0 Å². The van der Waals surface area contributed by atoms with Gasteiger partial charge in [0.2, 0.25) is 5.91 Å². The fraction of sp³-hybridized carbons (Fsp3) is 0.400. The number of esters is 1. The minimum atomic E-state index is -0.967. The van der Waals surface area contributed by atoms with Crippen LogP contribution in [0.25, 0.3) is 0 Å². The third-order valence-electron chi connectivity index (χ3n) is 3.50. The molecule has 0 spiro atoms. The van der Waals surface area contributed by atoms with E-state index >= 15 is 0 Å². The zero-order valence-corrected chi connectivity index (χ0v) is 11.7. The van der Waals surface area contributed by atoms with Gasteiger partial charge in [0.05, 0.1) is 18.9 Å². The number of carbonyl (C=O) groups is 3. The third kappa shape index (κ3) is 3.81. The van der Waals surface area contributed by atoms with Crippen LogP contribution in [0.4, 0.5) is 0 Å². The molecule has 0 radical (unpaired) electrons. The van der Waals surface area contributed by atoms with Crippen LogP contribution in [0.15, 0.2) is 30.3 Å². The Bertz CT molecular complexity index is 542. The van der Waals surface area contributed by atoms with E-state index in [0.717, 1.165) is 5.56 Å². The largest absolute Gasteiger partial charge is 0.481 e. The maximum atomic E-state index is 12.3. The van der Waals surface area contributed by atoms with Gasteiger partial charge in [-0.3, -0.25) is 14.4 Å². The number of hydrogen-bond donors (Lipinski definition) is 1. The maximum Gasteiger partial charge on any atom is 0.325 e. The fourth-order valence-corrected chi connectivity index (χ4v) is 2.21. The second kappa shape index (κ2) is 6.39. The van der Waals surface area contributed by atoms with Crippen LogP contribution in [0.3, 0.4) is 0 Å². The molecule has 2 unspecified atom stereocenters. The summed E-state index contributed by atoms with van der Waals surface area (Å²) in [6, 6.07) is 9.23. The molecule has 1 saturated carbocycles. The summed E-state index contributed by atoms with van der Waals surface area (Å²) in [4.78, 5) is 36.0. The molecule has 1 fully saturated rings. The van der Waals surface area contributed by atoms with Gasteiger partial charge in [0.25, 0.3) is 0 Å². The predicted octanol–water partition coefficient (Wildman–Crippen LogP) is 0.909. The Morgan fingerprint density at radius 1 is 1.24 bits per heavy atom. The van der Waals surface area contributed by atoms with Gasteiger partial charge in [-0.05, 0) is 12.0 Å². The summed E-state index contributed by atoms with van der Waals surface area (Å²) >= 11 is 0. The first-order chi connectivity index (χ1) is 10.0. The van der Waals surface area contributed by atoms with Crippen molar-refractivity contribution in [2.75, 3.05) is 13.7 Å². The van der Waals surface area contributed by atoms with Crippen molar-refractivity contribution in [1.82, 2.24) is 4.90 Å². The van der Waals surface area contributed by atoms with E-state index in [1.54, 1.807) is 0 Å². The lowest BCUT2D eigenvalue weighted by Gasteiger charge is -2.21. The van der Waals surface area contributed by atoms with Crippen LogP contribution in [-0.4, -0.2) is 41.5 Å². The van der Waals surface area contributed by atoms with Crippen molar-refractivity contribution in [1.29, 1.82) is 0 Å². The van der Waals surface area contributed by atoms with Gasteiger partial charge in [-0.2, -0.15) is 0 Å². The lowest BCUT2D eigenvalue weighted by atomic mass is 10.2. The molecule has 1 aliphatic rings. The average Bonchev–Trinajstić information content (AvgIpc) is 3.27. The van der Waals surface area contributed by atoms with Gasteiger partial charge in [-0.1, -0.05) is 30.3 Å². The molecule has 112 valence electrons. The number of carboxylic acids is 1. The first kappa shape index (κ1) is 15.0. The molecule has 2 rings (SSSR count). The van der Waals surface area contributed by atoms with Crippen LogP contribution in [0.5, 0.6) is 0 Å². The molecule has 1 aromatic rings. The van der Waals surface area contributed by atoms with E-state index in [-0.39, 0.29) is 19.0 Å². The number of aliphatic carboxylic acids is 1. The van der Waals surface area contributed by atoms with E-state index in [2.05, 4.69) is 4.74 Å². The number of carbonyl (C=O) groups excluding carboxylic acids is 2. The molecule has 0 aliphatic heterocycles. The minimum Gasteiger partial charge on any atom is -0.481 e. The molecule has 0 bridgehead atoms. The number of rotatable bonds is 6. The predicted molar refractivity (Wildman–Crippen MR) is 73.1 cm³/mol. The molecular formula is C15H17NO5. The van der Waals surface area contributed by atoms with Gasteiger partial charge in [0.1, 0.15) is 6.54 Å². The van der Waals surface area contributed by atoms with Crippen LogP contribution in [0.2, 0.25) is 0 Å². The maximum absolute atomic E-state index is 12.3. The summed E-state index contributed by atoms with van der Waals surface area (Å²) in [6.07, 6.45) is 0.334. The number of hydrogen-bond acceptors (Lipinski definition) is 4. The van der Waals surface area contributed by atoms with Crippen LogP contribution in [0, 0.1) is 11.8 Å². The summed E-state index contributed by atoms with van der Waals surface area (Å²) < 4.78 is 4.59. The van der Waals surface area contributed by atoms with Crippen molar-refractivity contribution in [3.05, 3.63) is 35.9 Å². The smallest absolute Gasteiger partial charge is 0.325 e. The van der Waals surface area contributed by atoms with Crippen LogP contribution < -0.4 is 0 Å². The van der Waals surface area contributed by atoms with Crippen molar-refractivity contribution < 1.29 is 24.2 Å². The highest BCUT2D eigenvalue weighted by molar-refractivity contribution is 5.91. The Hall–Kier alpha value is -2.37. The summed E-state index contributed by atoms with van der Waals surface area (Å²) in [6.45, 7) is 0.0880. The number of ether oxygens (including phenoxy) is 1. The van der Waals surface area contributed by atoms with E-state index in [1.807, 2.05) is 30.3 Å². The van der Waals surface area contributed by atoms with Crippen molar-refractivity contribution in [3.63, 3.8) is 0 Å². The minimum absolute atomic E-state index is 0.174. The standard InChI is InChI=1S/C15H17NO5/c1-21-13(17)9-16(8-10-5-3-2-4-6-10)14(18)11-7-12(11)15(19)20/h2-6,11-12H,7-9H2,1H3,(H,19,20). The van der Waals surface area contributed by atoms with Crippen LogP contribution in [-0.2, 0) is 25.7 Å². The van der Waals surface area contributed by atoms with Gasteiger partial charge >= 0.3 is 11.9 Å². The molecule has 0 saturated heterocycles. The fourth-order valence-electron chi connectivity index (χ4n) is 2.21. The molecule has 0 aromatic heterocycles. The van der Waals surface area contributed by atoms with E-state index in [4.69, 9.17) is 5.11 Å². The first-order valence-corrected chi connectivity index (χ1v) is 6.65. The summed E-state index contributed by atoms with van der Waals surface area (Å²) in [7, 11) is 1.25. The molecule has 6 nitrogen and oxygen atoms in total. The number of methoxy groups -OCH3 is 1. The molecule has 2 atom stereocenters. The molecule has 0 heterocycles. The van der Waals surface area contributed by atoms with Gasteiger partial charge in [-0.15, -0.1) is 0 Å². The Kier molecular flexibility index (Phi) is 4.57. The molecule has 6 heteroatoms. The van der Waals surface area contributed by atoms with Gasteiger partial charge in [-0.25, -0.2) is 0 Å². The number of benzene rings is 1. The topological polar surface area (TPSA) is 83.9 Å². The molecular weight excluding hydrogens is 274 g/mol.